The van der Waals surface area contributed by atoms with Gasteiger partial charge in [-0.25, -0.2) is 0 Å². The van der Waals surface area contributed by atoms with Gasteiger partial charge in [-0.2, -0.15) is 5.10 Å². The average molecular weight is 230 g/mol. The van der Waals surface area contributed by atoms with Crippen LogP contribution < -0.4 is 11.1 Å². The fourth-order valence-electron chi connectivity index (χ4n) is 1.86. The number of nitrogens with one attached hydrogen (secondary N) is 1. The topological polar surface area (TPSA) is 55.9 Å². The highest BCUT2D eigenvalue weighted by molar-refractivity contribution is 5.57. The second-order valence-corrected chi connectivity index (χ2v) is 4.20. The van der Waals surface area contributed by atoms with Crippen molar-refractivity contribution in [2.24, 2.45) is 7.05 Å². The minimum absolute atomic E-state index is 0.805. The Morgan fingerprint density at radius 2 is 2.18 bits per heavy atom. The van der Waals surface area contributed by atoms with Crippen LogP contribution in [0.25, 0.3) is 0 Å². The molecule has 2 rings (SSSR count). The van der Waals surface area contributed by atoms with Gasteiger partial charge in [0.2, 0.25) is 0 Å². The fourth-order valence-corrected chi connectivity index (χ4v) is 1.86. The molecule has 1 aromatic carbocycles. The van der Waals surface area contributed by atoms with Gasteiger partial charge in [0.25, 0.3) is 0 Å². The van der Waals surface area contributed by atoms with Crippen LogP contribution in [0.2, 0.25) is 0 Å². The molecule has 1 heterocycles. The SMILES string of the molecule is Cc1cc(N)ccc1NCCc1ccnn1C. The number of nitrogen functional groups attached to an aromatic ring is 1. The lowest BCUT2D eigenvalue weighted by atomic mass is 10.1. The maximum Gasteiger partial charge on any atom is 0.0492 e. The van der Waals surface area contributed by atoms with E-state index in [0.717, 1.165) is 24.3 Å². The van der Waals surface area contributed by atoms with Crippen LogP contribution in [-0.4, -0.2) is 16.3 Å². The Balaban J connectivity index is 1.92. The van der Waals surface area contributed by atoms with Crippen molar-refractivity contribution in [1.29, 1.82) is 0 Å². The zero-order chi connectivity index (χ0) is 12.3. The summed E-state index contributed by atoms with van der Waals surface area (Å²) in [4.78, 5) is 0. The standard InChI is InChI=1S/C13H18N4/c1-10-9-11(14)3-4-13(10)15-7-5-12-6-8-16-17(12)2/h3-4,6,8-9,15H,5,7,14H2,1-2H3. The molecular formula is C13H18N4. The molecule has 4 nitrogen and oxygen atoms in total. The maximum absolute atomic E-state index is 5.71. The molecule has 90 valence electrons. The first-order valence-electron chi connectivity index (χ1n) is 5.73. The minimum atomic E-state index is 0.805. The lowest BCUT2D eigenvalue weighted by molar-refractivity contribution is 0.711. The summed E-state index contributed by atoms with van der Waals surface area (Å²) in [5.74, 6) is 0. The molecule has 3 N–H and O–H groups in total. The Bertz CT molecular complexity index is 502. The van der Waals surface area contributed by atoms with E-state index in [9.17, 15) is 0 Å². The van der Waals surface area contributed by atoms with Crippen molar-refractivity contribution >= 4 is 11.4 Å². The van der Waals surface area contributed by atoms with Crippen LogP contribution in [0.4, 0.5) is 11.4 Å². The van der Waals surface area contributed by atoms with E-state index in [1.807, 2.05) is 42.2 Å². The molecule has 0 aliphatic carbocycles. The minimum Gasteiger partial charge on any atom is -0.399 e. The number of hydrogen-bond acceptors (Lipinski definition) is 3. The average Bonchev–Trinajstić information content (AvgIpc) is 2.68. The van der Waals surface area contributed by atoms with Crippen LogP contribution in [0.1, 0.15) is 11.3 Å². The molecule has 0 aliphatic rings. The van der Waals surface area contributed by atoms with Gasteiger partial charge in [-0.1, -0.05) is 0 Å². The molecule has 0 saturated carbocycles. The van der Waals surface area contributed by atoms with Crippen molar-refractivity contribution in [2.75, 3.05) is 17.6 Å². The zero-order valence-corrected chi connectivity index (χ0v) is 10.3. The van der Waals surface area contributed by atoms with Gasteiger partial charge in [-0.15, -0.1) is 0 Å². The summed E-state index contributed by atoms with van der Waals surface area (Å²) in [5, 5.41) is 7.55. The van der Waals surface area contributed by atoms with Crippen molar-refractivity contribution in [3.63, 3.8) is 0 Å². The van der Waals surface area contributed by atoms with E-state index >= 15 is 0 Å². The summed E-state index contributed by atoms with van der Waals surface area (Å²) in [6.07, 6.45) is 2.78. The van der Waals surface area contributed by atoms with Crippen LogP contribution in [0, 0.1) is 6.92 Å². The van der Waals surface area contributed by atoms with Gasteiger partial charge < -0.3 is 11.1 Å². The van der Waals surface area contributed by atoms with Gasteiger partial charge in [0.05, 0.1) is 0 Å². The van der Waals surface area contributed by atoms with E-state index in [0.29, 0.717) is 0 Å². The van der Waals surface area contributed by atoms with Gasteiger partial charge >= 0.3 is 0 Å². The molecule has 0 amide bonds. The van der Waals surface area contributed by atoms with Gasteiger partial charge in [0.1, 0.15) is 0 Å². The molecular weight excluding hydrogens is 212 g/mol. The molecule has 0 aliphatic heterocycles. The number of anilines is 2. The van der Waals surface area contributed by atoms with Gasteiger partial charge in [0.15, 0.2) is 0 Å². The third-order valence-electron chi connectivity index (χ3n) is 2.87. The monoisotopic (exact) mass is 230 g/mol. The molecule has 0 bridgehead atoms. The second kappa shape index (κ2) is 4.91. The normalized spacial score (nSPS) is 10.5. The summed E-state index contributed by atoms with van der Waals surface area (Å²) in [7, 11) is 1.96. The van der Waals surface area contributed by atoms with E-state index in [4.69, 9.17) is 5.73 Å². The molecule has 1 aromatic heterocycles. The number of rotatable bonds is 4. The van der Waals surface area contributed by atoms with E-state index in [1.54, 1.807) is 0 Å². The third kappa shape index (κ3) is 2.78. The lowest BCUT2D eigenvalue weighted by Gasteiger charge is -2.10. The smallest absolute Gasteiger partial charge is 0.0492 e. The van der Waals surface area contributed by atoms with Gasteiger partial charge in [-0.05, 0) is 36.8 Å². The number of benzene rings is 1. The van der Waals surface area contributed by atoms with Crippen LogP contribution in [0.3, 0.4) is 0 Å². The van der Waals surface area contributed by atoms with Crippen LogP contribution in [-0.2, 0) is 13.5 Å². The molecule has 0 spiro atoms. The first kappa shape index (κ1) is 11.5. The van der Waals surface area contributed by atoms with Crippen LogP contribution in [0.5, 0.6) is 0 Å². The maximum atomic E-state index is 5.71. The fraction of sp³-hybridized carbons (Fsp3) is 0.308. The highest BCUT2D eigenvalue weighted by Gasteiger charge is 2.00. The number of hydrogen-bond donors (Lipinski definition) is 2. The Morgan fingerprint density at radius 3 is 2.82 bits per heavy atom. The summed E-state index contributed by atoms with van der Waals surface area (Å²) in [6, 6.07) is 7.96. The molecule has 0 saturated heterocycles. The quantitative estimate of drug-likeness (QED) is 0.789. The van der Waals surface area contributed by atoms with Crippen molar-refractivity contribution in [1.82, 2.24) is 9.78 Å². The van der Waals surface area contributed by atoms with E-state index in [1.165, 1.54) is 11.3 Å². The Hall–Kier alpha value is -1.97. The number of nitrogens with zero attached hydrogens (tertiary/aromatic N) is 2. The van der Waals surface area contributed by atoms with Crippen molar-refractivity contribution < 1.29 is 0 Å². The van der Waals surface area contributed by atoms with E-state index in [-0.39, 0.29) is 0 Å². The first-order chi connectivity index (χ1) is 8.16. The highest BCUT2D eigenvalue weighted by atomic mass is 15.3. The summed E-state index contributed by atoms with van der Waals surface area (Å²) < 4.78 is 1.90. The molecule has 0 atom stereocenters. The largest absolute Gasteiger partial charge is 0.399 e. The second-order valence-electron chi connectivity index (χ2n) is 4.20. The zero-order valence-electron chi connectivity index (χ0n) is 10.3. The molecule has 0 unspecified atom stereocenters. The van der Waals surface area contributed by atoms with Crippen molar-refractivity contribution in [2.45, 2.75) is 13.3 Å². The highest BCUT2D eigenvalue weighted by Crippen LogP contribution is 2.17. The molecule has 2 aromatic rings. The summed E-state index contributed by atoms with van der Waals surface area (Å²) in [6.45, 7) is 2.95. The van der Waals surface area contributed by atoms with Gasteiger partial charge in [0, 0.05) is 43.3 Å². The Morgan fingerprint density at radius 1 is 1.35 bits per heavy atom. The number of aromatic nitrogens is 2. The number of nitrogens with two attached hydrogens (primary N) is 1. The summed E-state index contributed by atoms with van der Waals surface area (Å²) in [5.41, 5.74) is 10.1. The summed E-state index contributed by atoms with van der Waals surface area (Å²) >= 11 is 0. The molecule has 4 heteroatoms. The first-order valence-corrected chi connectivity index (χ1v) is 5.73. The predicted molar refractivity (Wildman–Crippen MR) is 71.0 cm³/mol. The number of aryl methyl sites for hydroxylation is 2. The molecule has 17 heavy (non-hydrogen) atoms. The van der Waals surface area contributed by atoms with Crippen LogP contribution in [0.15, 0.2) is 30.5 Å². The lowest BCUT2D eigenvalue weighted by Crippen LogP contribution is -2.09. The Labute approximate surface area is 101 Å². The molecule has 0 radical (unpaired) electrons. The van der Waals surface area contributed by atoms with E-state index < -0.39 is 0 Å². The molecule has 0 fully saturated rings. The van der Waals surface area contributed by atoms with E-state index in [2.05, 4.69) is 17.3 Å². The predicted octanol–water partition coefficient (Wildman–Crippen LogP) is 1.97. The van der Waals surface area contributed by atoms with Crippen molar-refractivity contribution in [3.05, 3.63) is 41.7 Å². The van der Waals surface area contributed by atoms with Crippen molar-refractivity contribution in [3.8, 4) is 0 Å². The van der Waals surface area contributed by atoms with Gasteiger partial charge in [-0.3, -0.25) is 4.68 Å². The third-order valence-corrected chi connectivity index (χ3v) is 2.87. The Kier molecular flexibility index (Phi) is 3.32. The van der Waals surface area contributed by atoms with Crippen LogP contribution >= 0.6 is 0 Å².